The number of hydrogen-bond donors (Lipinski definition) is 0. The van der Waals surface area contributed by atoms with Gasteiger partial charge in [0.15, 0.2) is 0 Å². The molecule has 0 amide bonds. The molecular formula is C18H27IN2. The molecule has 116 valence electrons. The van der Waals surface area contributed by atoms with Gasteiger partial charge in [-0.15, -0.1) is 0 Å². The predicted molar refractivity (Wildman–Crippen MR) is 100 cm³/mol. The third kappa shape index (κ3) is 5.61. The van der Waals surface area contributed by atoms with Crippen LogP contribution in [0.15, 0.2) is 29.3 Å². The molecule has 0 aromatic heterocycles. The van der Waals surface area contributed by atoms with Gasteiger partial charge in [0.05, 0.1) is 11.9 Å². The Morgan fingerprint density at radius 1 is 1.29 bits per heavy atom. The molecule has 2 rings (SSSR count). The zero-order valence-electron chi connectivity index (χ0n) is 13.5. The molecule has 0 aliphatic carbocycles. The zero-order valence-corrected chi connectivity index (χ0v) is 15.6. The van der Waals surface area contributed by atoms with Crippen molar-refractivity contribution in [3.8, 4) is 0 Å². The molecular weight excluding hydrogens is 371 g/mol. The van der Waals surface area contributed by atoms with Gasteiger partial charge in [0.1, 0.15) is 0 Å². The molecule has 1 aliphatic rings. The van der Waals surface area contributed by atoms with Crippen LogP contribution in [-0.4, -0.2) is 29.4 Å². The standard InChI is InChI=1S/C18H27IN2/c1-18(2,3)20-14-21-13-7-6-9-16(21)12-11-15-8-4-5-10-17(15)19/h4-5,8,10,14,16H,6-7,9,11-13H2,1-3H3. The van der Waals surface area contributed by atoms with Crippen LogP contribution in [0.25, 0.3) is 0 Å². The summed E-state index contributed by atoms with van der Waals surface area (Å²) in [5.74, 6) is 0. The largest absolute Gasteiger partial charge is 0.360 e. The van der Waals surface area contributed by atoms with Crippen LogP contribution >= 0.6 is 22.6 Å². The number of piperidine rings is 1. The number of aliphatic imine (C=N–C) groups is 1. The molecule has 1 aliphatic heterocycles. The average molecular weight is 398 g/mol. The maximum atomic E-state index is 4.70. The van der Waals surface area contributed by atoms with Crippen molar-refractivity contribution >= 4 is 28.9 Å². The van der Waals surface area contributed by atoms with Gasteiger partial charge in [-0.3, -0.25) is 4.99 Å². The van der Waals surface area contributed by atoms with Gasteiger partial charge < -0.3 is 4.90 Å². The molecule has 0 spiro atoms. The fraction of sp³-hybridized carbons (Fsp3) is 0.611. The highest BCUT2D eigenvalue weighted by molar-refractivity contribution is 14.1. The summed E-state index contributed by atoms with van der Waals surface area (Å²) in [5, 5.41) is 0. The Morgan fingerprint density at radius 2 is 2.05 bits per heavy atom. The second-order valence-corrected chi connectivity index (χ2v) is 8.10. The molecule has 0 bridgehead atoms. The van der Waals surface area contributed by atoms with Gasteiger partial charge >= 0.3 is 0 Å². The number of halogens is 1. The van der Waals surface area contributed by atoms with Crippen LogP contribution in [-0.2, 0) is 6.42 Å². The van der Waals surface area contributed by atoms with Gasteiger partial charge in [0.25, 0.3) is 0 Å². The van der Waals surface area contributed by atoms with Crippen LogP contribution < -0.4 is 0 Å². The minimum absolute atomic E-state index is 0.0246. The van der Waals surface area contributed by atoms with Gasteiger partial charge in [0.2, 0.25) is 0 Å². The molecule has 1 aromatic carbocycles. The van der Waals surface area contributed by atoms with Crippen molar-refractivity contribution in [2.24, 2.45) is 4.99 Å². The molecule has 0 radical (unpaired) electrons. The smallest absolute Gasteiger partial charge is 0.0858 e. The van der Waals surface area contributed by atoms with Crippen molar-refractivity contribution < 1.29 is 0 Å². The van der Waals surface area contributed by atoms with E-state index >= 15 is 0 Å². The molecule has 0 saturated carbocycles. The summed E-state index contributed by atoms with van der Waals surface area (Å²) >= 11 is 2.45. The second-order valence-electron chi connectivity index (χ2n) is 6.93. The van der Waals surface area contributed by atoms with Crippen molar-refractivity contribution in [1.82, 2.24) is 4.90 Å². The summed E-state index contributed by atoms with van der Waals surface area (Å²) in [6.07, 6.45) is 8.48. The number of nitrogens with zero attached hydrogens (tertiary/aromatic N) is 2. The maximum Gasteiger partial charge on any atom is 0.0858 e. The summed E-state index contributed by atoms with van der Waals surface area (Å²) in [6, 6.07) is 9.39. The third-order valence-corrected chi connectivity index (χ3v) is 5.02. The molecule has 21 heavy (non-hydrogen) atoms. The van der Waals surface area contributed by atoms with Crippen molar-refractivity contribution in [3.63, 3.8) is 0 Å². The van der Waals surface area contributed by atoms with E-state index < -0.39 is 0 Å². The summed E-state index contributed by atoms with van der Waals surface area (Å²) in [5.41, 5.74) is 1.51. The number of aryl methyl sites for hydroxylation is 1. The maximum absolute atomic E-state index is 4.70. The fourth-order valence-corrected chi connectivity index (χ4v) is 3.41. The Labute approximate surface area is 143 Å². The van der Waals surface area contributed by atoms with Crippen LogP contribution in [0.2, 0.25) is 0 Å². The third-order valence-electron chi connectivity index (χ3n) is 3.97. The number of benzene rings is 1. The Bertz CT molecular complexity index is 476. The number of rotatable bonds is 4. The van der Waals surface area contributed by atoms with E-state index in [4.69, 9.17) is 4.99 Å². The lowest BCUT2D eigenvalue weighted by Crippen LogP contribution is -2.39. The monoisotopic (exact) mass is 398 g/mol. The van der Waals surface area contributed by atoms with E-state index in [9.17, 15) is 0 Å². The SMILES string of the molecule is CC(C)(C)N=CN1CCCCC1CCc1ccccc1I. The van der Waals surface area contributed by atoms with E-state index in [1.807, 2.05) is 0 Å². The van der Waals surface area contributed by atoms with Gasteiger partial charge in [-0.05, 0) is 87.1 Å². The summed E-state index contributed by atoms with van der Waals surface area (Å²) in [4.78, 5) is 7.18. The highest BCUT2D eigenvalue weighted by atomic mass is 127. The second kappa shape index (κ2) is 7.61. The van der Waals surface area contributed by atoms with Crippen LogP contribution in [0.1, 0.15) is 52.0 Å². The summed E-state index contributed by atoms with van der Waals surface area (Å²) < 4.78 is 1.39. The van der Waals surface area contributed by atoms with Crippen LogP contribution in [0.3, 0.4) is 0 Å². The van der Waals surface area contributed by atoms with Gasteiger partial charge in [0, 0.05) is 16.2 Å². The normalized spacial score (nSPS) is 20.2. The molecule has 1 aromatic rings. The van der Waals surface area contributed by atoms with E-state index in [2.05, 4.69) is 78.9 Å². The van der Waals surface area contributed by atoms with Gasteiger partial charge in [-0.25, -0.2) is 0 Å². The first-order valence-corrected chi connectivity index (χ1v) is 9.08. The van der Waals surface area contributed by atoms with Crippen LogP contribution in [0.5, 0.6) is 0 Å². The van der Waals surface area contributed by atoms with Crippen molar-refractivity contribution in [3.05, 3.63) is 33.4 Å². The molecule has 1 fully saturated rings. The van der Waals surface area contributed by atoms with Crippen LogP contribution in [0.4, 0.5) is 0 Å². The van der Waals surface area contributed by atoms with Gasteiger partial charge in [-0.2, -0.15) is 0 Å². The molecule has 1 atom stereocenters. The Balaban J connectivity index is 1.96. The topological polar surface area (TPSA) is 15.6 Å². The first kappa shape index (κ1) is 16.8. The zero-order chi connectivity index (χ0) is 15.3. The molecule has 0 N–H and O–H groups in total. The number of hydrogen-bond acceptors (Lipinski definition) is 1. The van der Waals surface area contributed by atoms with E-state index in [0.717, 1.165) is 6.54 Å². The highest BCUT2D eigenvalue weighted by Crippen LogP contribution is 2.22. The highest BCUT2D eigenvalue weighted by Gasteiger charge is 2.20. The van der Waals surface area contributed by atoms with E-state index in [1.165, 1.54) is 41.2 Å². The Morgan fingerprint density at radius 3 is 2.76 bits per heavy atom. The minimum Gasteiger partial charge on any atom is -0.360 e. The van der Waals surface area contributed by atoms with Crippen LogP contribution in [0, 0.1) is 3.57 Å². The Hall–Kier alpha value is -0.580. The quantitative estimate of drug-likeness (QED) is 0.400. The Kier molecular flexibility index (Phi) is 6.08. The molecule has 1 saturated heterocycles. The predicted octanol–water partition coefficient (Wildman–Crippen LogP) is 4.91. The van der Waals surface area contributed by atoms with Crippen molar-refractivity contribution in [2.75, 3.05) is 6.54 Å². The first-order chi connectivity index (χ1) is 9.96. The summed E-state index contributed by atoms with van der Waals surface area (Å²) in [6.45, 7) is 7.65. The number of likely N-dealkylation sites (tertiary alicyclic amines) is 1. The van der Waals surface area contributed by atoms with Gasteiger partial charge in [-0.1, -0.05) is 18.2 Å². The van der Waals surface area contributed by atoms with E-state index in [-0.39, 0.29) is 5.54 Å². The van der Waals surface area contributed by atoms with Crippen molar-refractivity contribution in [1.29, 1.82) is 0 Å². The lowest BCUT2D eigenvalue weighted by atomic mass is 9.96. The lowest BCUT2D eigenvalue weighted by Gasteiger charge is -2.35. The van der Waals surface area contributed by atoms with E-state index in [1.54, 1.807) is 0 Å². The molecule has 1 heterocycles. The lowest BCUT2D eigenvalue weighted by molar-refractivity contribution is 0.235. The molecule has 3 heteroatoms. The minimum atomic E-state index is 0.0246. The van der Waals surface area contributed by atoms with E-state index in [0.29, 0.717) is 6.04 Å². The first-order valence-electron chi connectivity index (χ1n) is 8.00. The molecule has 2 nitrogen and oxygen atoms in total. The molecule has 1 unspecified atom stereocenters. The fourth-order valence-electron chi connectivity index (χ4n) is 2.76. The summed E-state index contributed by atoms with van der Waals surface area (Å²) in [7, 11) is 0. The average Bonchev–Trinajstić information content (AvgIpc) is 2.44. The van der Waals surface area contributed by atoms with Crippen molar-refractivity contribution in [2.45, 2.75) is 64.5 Å².